The summed E-state index contributed by atoms with van der Waals surface area (Å²) in [4.78, 5) is 27.3. The van der Waals surface area contributed by atoms with Gasteiger partial charge < -0.3 is 14.7 Å². The molecule has 0 saturated heterocycles. The average molecular weight is 430 g/mol. The first kappa shape index (κ1) is 21.6. The van der Waals surface area contributed by atoms with Crippen LogP contribution in [0.4, 0.5) is 0 Å². The van der Waals surface area contributed by atoms with E-state index in [1.807, 2.05) is 56.3 Å². The smallest absolute Gasteiger partial charge is 0.313 e. The molecule has 1 amide bonds. The number of nitrogens with zero attached hydrogens (tertiary/aromatic N) is 1. The van der Waals surface area contributed by atoms with Crippen LogP contribution in [0.2, 0.25) is 0 Å². The molecule has 1 aliphatic rings. The van der Waals surface area contributed by atoms with Crippen LogP contribution in [0.5, 0.6) is 11.5 Å². The third-order valence-corrected chi connectivity index (χ3v) is 6.10. The van der Waals surface area contributed by atoms with E-state index in [-0.39, 0.29) is 5.91 Å². The normalized spacial score (nSPS) is 17.7. The van der Waals surface area contributed by atoms with E-state index in [4.69, 9.17) is 4.74 Å². The molecule has 0 aromatic heterocycles. The number of fused-ring (bicyclic) bond motifs is 1. The van der Waals surface area contributed by atoms with Gasteiger partial charge in [0.1, 0.15) is 17.4 Å². The van der Waals surface area contributed by atoms with Crippen LogP contribution in [0.1, 0.15) is 57.9 Å². The molecule has 32 heavy (non-hydrogen) atoms. The van der Waals surface area contributed by atoms with Gasteiger partial charge in [-0.05, 0) is 72.9 Å². The molecule has 3 aromatic rings. The van der Waals surface area contributed by atoms with Gasteiger partial charge in [0.15, 0.2) is 0 Å². The predicted molar refractivity (Wildman–Crippen MR) is 123 cm³/mol. The van der Waals surface area contributed by atoms with Crippen LogP contribution in [-0.2, 0) is 4.79 Å². The Morgan fingerprint density at radius 2 is 1.66 bits per heavy atom. The predicted octanol–water partition coefficient (Wildman–Crippen LogP) is 5.87. The lowest BCUT2D eigenvalue weighted by molar-refractivity contribution is -0.140. The molecule has 3 aromatic carbocycles. The zero-order valence-electron chi connectivity index (χ0n) is 18.5. The standard InChI is InChI=1S/C27H27NO4/c1-4-15-28-25(24(27(30)31)22-7-5-6-8-23(22)26(28)29)19-10-13-20(14-11-19)32-21-12-9-17(2)18(3)16-21/h5-14,16,24-25H,4,15H2,1-3H3,(H,30,31)/t24-,25+/m1/s1. The van der Waals surface area contributed by atoms with Gasteiger partial charge in [0.25, 0.3) is 5.91 Å². The molecule has 0 unspecified atom stereocenters. The van der Waals surface area contributed by atoms with Crippen molar-refractivity contribution in [2.45, 2.75) is 39.2 Å². The number of rotatable bonds is 6. The maximum atomic E-state index is 13.2. The molecule has 1 N–H and O–H groups in total. The van der Waals surface area contributed by atoms with E-state index in [1.165, 1.54) is 5.56 Å². The van der Waals surface area contributed by atoms with Crippen molar-refractivity contribution >= 4 is 11.9 Å². The highest BCUT2D eigenvalue weighted by molar-refractivity contribution is 6.00. The Bertz CT molecular complexity index is 1150. The average Bonchev–Trinajstić information content (AvgIpc) is 2.78. The summed E-state index contributed by atoms with van der Waals surface area (Å²) in [6.45, 7) is 6.57. The van der Waals surface area contributed by atoms with Gasteiger partial charge in [0.05, 0.1) is 6.04 Å². The van der Waals surface area contributed by atoms with Crippen molar-refractivity contribution in [2.24, 2.45) is 0 Å². The Morgan fingerprint density at radius 3 is 2.31 bits per heavy atom. The molecule has 1 aliphatic heterocycles. The van der Waals surface area contributed by atoms with Gasteiger partial charge in [0, 0.05) is 12.1 Å². The van der Waals surface area contributed by atoms with Crippen molar-refractivity contribution in [3.05, 3.63) is 94.5 Å². The molecular weight excluding hydrogens is 402 g/mol. The number of aryl methyl sites for hydroxylation is 2. The first-order valence-corrected chi connectivity index (χ1v) is 10.9. The Hall–Kier alpha value is -3.60. The van der Waals surface area contributed by atoms with E-state index in [2.05, 4.69) is 6.92 Å². The van der Waals surface area contributed by atoms with Gasteiger partial charge >= 0.3 is 5.97 Å². The van der Waals surface area contributed by atoms with Crippen LogP contribution in [0.15, 0.2) is 66.7 Å². The summed E-state index contributed by atoms with van der Waals surface area (Å²) in [5.74, 6) is -0.485. The highest BCUT2D eigenvalue weighted by Gasteiger charge is 2.43. The highest BCUT2D eigenvalue weighted by Crippen LogP contribution is 2.43. The lowest BCUT2D eigenvalue weighted by atomic mass is 9.79. The lowest BCUT2D eigenvalue weighted by Gasteiger charge is -2.40. The second-order valence-corrected chi connectivity index (χ2v) is 8.26. The number of amides is 1. The fourth-order valence-electron chi connectivity index (χ4n) is 4.36. The van der Waals surface area contributed by atoms with Crippen LogP contribution in [0, 0.1) is 13.8 Å². The van der Waals surface area contributed by atoms with Crippen LogP contribution < -0.4 is 4.74 Å². The molecular formula is C27H27NO4. The fourth-order valence-corrected chi connectivity index (χ4v) is 4.36. The van der Waals surface area contributed by atoms with Crippen molar-refractivity contribution < 1.29 is 19.4 Å². The van der Waals surface area contributed by atoms with Crippen molar-refractivity contribution in [3.63, 3.8) is 0 Å². The number of aliphatic carboxylic acids is 1. The largest absolute Gasteiger partial charge is 0.481 e. The second-order valence-electron chi connectivity index (χ2n) is 8.26. The lowest BCUT2D eigenvalue weighted by Crippen LogP contribution is -2.45. The highest BCUT2D eigenvalue weighted by atomic mass is 16.5. The van der Waals surface area contributed by atoms with Crippen LogP contribution >= 0.6 is 0 Å². The van der Waals surface area contributed by atoms with Crippen molar-refractivity contribution in [2.75, 3.05) is 6.54 Å². The zero-order chi connectivity index (χ0) is 22.8. The van der Waals surface area contributed by atoms with E-state index in [0.29, 0.717) is 23.4 Å². The van der Waals surface area contributed by atoms with Gasteiger partial charge in [-0.25, -0.2) is 0 Å². The van der Waals surface area contributed by atoms with Crippen LogP contribution in [0.3, 0.4) is 0 Å². The zero-order valence-corrected chi connectivity index (χ0v) is 18.5. The Balaban J connectivity index is 1.70. The number of benzene rings is 3. The number of carbonyl (C=O) groups is 2. The Morgan fingerprint density at radius 1 is 0.969 bits per heavy atom. The molecule has 0 saturated carbocycles. The summed E-state index contributed by atoms with van der Waals surface area (Å²) in [6, 6.07) is 19.8. The van der Waals surface area contributed by atoms with Gasteiger partial charge in [-0.2, -0.15) is 0 Å². The first-order chi connectivity index (χ1) is 15.4. The van der Waals surface area contributed by atoms with Crippen LogP contribution in [0.25, 0.3) is 0 Å². The molecule has 0 aliphatic carbocycles. The SMILES string of the molecule is CCCN1C(=O)c2ccccc2[C@@H](C(=O)O)[C@@H]1c1ccc(Oc2ccc(C)c(C)c2)cc1. The second kappa shape index (κ2) is 8.87. The van der Waals surface area contributed by atoms with E-state index < -0.39 is 17.9 Å². The number of carboxylic acid groups (broad SMARTS) is 1. The molecule has 5 heteroatoms. The molecule has 1 heterocycles. The molecule has 5 nitrogen and oxygen atoms in total. The summed E-state index contributed by atoms with van der Waals surface area (Å²) < 4.78 is 5.99. The van der Waals surface area contributed by atoms with Gasteiger partial charge in [-0.15, -0.1) is 0 Å². The van der Waals surface area contributed by atoms with Crippen molar-refractivity contribution in [1.82, 2.24) is 4.90 Å². The maximum absolute atomic E-state index is 13.2. The van der Waals surface area contributed by atoms with E-state index in [9.17, 15) is 14.7 Å². The number of ether oxygens (including phenoxy) is 1. The molecule has 4 rings (SSSR count). The van der Waals surface area contributed by atoms with Crippen LogP contribution in [-0.4, -0.2) is 28.4 Å². The summed E-state index contributed by atoms with van der Waals surface area (Å²) in [5, 5.41) is 10.1. The van der Waals surface area contributed by atoms with Gasteiger partial charge in [-0.1, -0.05) is 43.3 Å². The van der Waals surface area contributed by atoms with Gasteiger partial charge in [-0.3, -0.25) is 9.59 Å². The third kappa shape index (κ3) is 3.98. The monoisotopic (exact) mass is 429 g/mol. The minimum Gasteiger partial charge on any atom is -0.481 e. The molecule has 2 atom stereocenters. The van der Waals surface area contributed by atoms with E-state index in [0.717, 1.165) is 23.3 Å². The summed E-state index contributed by atoms with van der Waals surface area (Å²) in [7, 11) is 0. The number of hydrogen-bond acceptors (Lipinski definition) is 3. The molecule has 0 spiro atoms. The number of hydrogen-bond donors (Lipinski definition) is 1. The fraction of sp³-hybridized carbons (Fsp3) is 0.259. The minimum atomic E-state index is -0.938. The molecule has 0 bridgehead atoms. The summed E-state index contributed by atoms with van der Waals surface area (Å²) in [5.41, 5.74) is 4.17. The van der Waals surface area contributed by atoms with Crippen molar-refractivity contribution in [3.8, 4) is 11.5 Å². The summed E-state index contributed by atoms with van der Waals surface area (Å²) >= 11 is 0. The van der Waals surface area contributed by atoms with E-state index >= 15 is 0 Å². The Kier molecular flexibility index (Phi) is 5.99. The van der Waals surface area contributed by atoms with Crippen molar-refractivity contribution in [1.29, 1.82) is 0 Å². The maximum Gasteiger partial charge on any atom is 0.313 e. The van der Waals surface area contributed by atoms with Gasteiger partial charge in [0.2, 0.25) is 0 Å². The third-order valence-electron chi connectivity index (χ3n) is 6.10. The quantitative estimate of drug-likeness (QED) is 0.532. The summed E-state index contributed by atoms with van der Waals surface area (Å²) in [6.07, 6.45) is 0.741. The molecule has 0 radical (unpaired) electrons. The van der Waals surface area contributed by atoms with E-state index in [1.54, 1.807) is 29.2 Å². The minimum absolute atomic E-state index is 0.125. The molecule has 164 valence electrons. The number of carbonyl (C=O) groups excluding carboxylic acids is 1. The number of carboxylic acids is 1. The molecule has 0 fully saturated rings. The first-order valence-electron chi connectivity index (χ1n) is 10.9. The topological polar surface area (TPSA) is 66.8 Å². The Labute approximate surface area is 188 Å².